The molecule has 3 rings (SSSR count). The highest BCUT2D eigenvalue weighted by Gasteiger charge is 2.32. The molecule has 0 amide bonds. The molecule has 0 radical (unpaired) electrons. The zero-order valence-electron chi connectivity index (χ0n) is 12.2. The number of hydrogen-bond acceptors (Lipinski definition) is 5. The molecule has 0 bridgehead atoms. The average Bonchev–Trinajstić information content (AvgIpc) is 3.01. The van der Waals surface area contributed by atoms with Crippen LogP contribution < -0.4 is 10.2 Å². The molecule has 0 saturated heterocycles. The van der Waals surface area contributed by atoms with E-state index in [1.165, 1.54) is 33.4 Å². The maximum absolute atomic E-state index is 4.83. The van der Waals surface area contributed by atoms with Crippen LogP contribution in [0.1, 0.15) is 41.3 Å². The maximum Gasteiger partial charge on any atom is 0.186 e. The molecule has 108 valence electrons. The zero-order valence-corrected chi connectivity index (χ0v) is 13.9. The van der Waals surface area contributed by atoms with Crippen molar-refractivity contribution < 1.29 is 0 Å². The SMILES string of the molecule is CNC(C)c1sc(N(Cc2cccs2)C2CC2)nc1C. The molecule has 1 atom stereocenters. The Hall–Kier alpha value is -0.910. The third kappa shape index (κ3) is 2.90. The number of thiazole rings is 1. The summed E-state index contributed by atoms with van der Waals surface area (Å²) in [5, 5.41) is 6.66. The summed E-state index contributed by atoms with van der Waals surface area (Å²) in [6, 6.07) is 5.43. The van der Waals surface area contributed by atoms with Gasteiger partial charge in [-0.25, -0.2) is 4.98 Å². The molecule has 20 heavy (non-hydrogen) atoms. The fraction of sp³-hybridized carbons (Fsp3) is 0.533. The Bertz CT molecular complexity index is 558. The Morgan fingerprint density at radius 3 is 2.90 bits per heavy atom. The van der Waals surface area contributed by atoms with Crippen molar-refractivity contribution in [3.05, 3.63) is 33.0 Å². The zero-order chi connectivity index (χ0) is 14.1. The Morgan fingerprint density at radius 2 is 2.30 bits per heavy atom. The fourth-order valence-corrected chi connectivity index (χ4v) is 4.26. The molecule has 1 saturated carbocycles. The highest BCUT2D eigenvalue weighted by molar-refractivity contribution is 7.15. The summed E-state index contributed by atoms with van der Waals surface area (Å²) in [5.41, 5.74) is 1.17. The number of aromatic nitrogens is 1. The van der Waals surface area contributed by atoms with Gasteiger partial charge in [-0.05, 0) is 45.2 Å². The summed E-state index contributed by atoms with van der Waals surface area (Å²) in [6.45, 7) is 5.33. The molecule has 0 spiro atoms. The molecular weight excluding hydrogens is 286 g/mol. The number of thiophene rings is 1. The lowest BCUT2D eigenvalue weighted by atomic mass is 10.2. The van der Waals surface area contributed by atoms with Crippen LogP contribution in [0.2, 0.25) is 0 Å². The van der Waals surface area contributed by atoms with Gasteiger partial charge in [0.15, 0.2) is 5.13 Å². The quantitative estimate of drug-likeness (QED) is 0.875. The molecule has 1 unspecified atom stereocenters. The van der Waals surface area contributed by atoms with Crippen molar-refractivity contribution in [1.82, 2.24) is 10.3 Å². The van der Waals surface area contributed by atoms with Gasteiger partial charge in [-0.1, -0.05) is 17.4 Å². The van der Waals surface area contributed by atoms with Gasteiger partial charge in [-0.2, -0.15) is 0 Å². The van der Waals surface area contributed by atoms with E-state index in [2.05, 4.69) is 41.6 Å². The molecule has 1 fully saturated rings. The van der Waals surface area contributed by atoms with E-state index in [1.54, 1.807) is 0 Å². The van der Waals surface area contributed by atoms with E-state index in [1.807, 2.05) is 29.7 Å². The Balaban J connectivity index is 1.84. The minimum atomic E-state index is 0.379. The van der Waals surface area contributed by atoms with Crippen LogP contribution >= 0.6 is 22.7 Å². The predicted molar refractivity (Wildman–Crippen MR) is 87.8 cm³/mol. The van der Waals surface area contributed by atoms with Gasteiger partial charge in [-0.3, -0.25) is 0 Å². The van der Waals surface area contributed by atoms with Crippen LogP contribution in [0, 0.1) is 6.92 Å². The van der Waals surface area contributed by atoms with Crippen LogP contribution in [-0.4, -0.2) is 18.1 Å². The molecule has 1 aliphatic carbocycles. The minimum Gasteiger partial charge on any atom is -0.340 e. The number of rotatable bonds is 6. The van der Waals surface area contributed by atoms with Crippen LogP contribution in [0.3, 0.4) is 0 Å². The fourth-order valence-electron chi connectivity index (χ4n) is 2.36. The topological polar surface area (TPSA) is 28.2 Å². The highest BCUT2D eigenvalue weighted by Crippen LogP contribution is 2.38. The van der Waals surface area contributed by atoms with Crippen molar-refractivity contribution in [2.75, 3.05) is 11.9 Å². The van der Waals surface area contributed by atoms with E-state index in [-0.39, 0.29) is 0 Å². The predicted octanol–water partition coefficient (Wildman–Crippen LogP) is 3.96. The molecule has 2 aromatic rings. The number of nitrogens with one attached hydrogen (secondary N) is 1. The lowest BCUT2D eigenvalue weighted by Gasteiger charge is -2.20. The second-order valence-corrected chi connectivity index (χ2v) is 7.44. The van der Waals surface area contributed by atoms with Crippen LogP contribution in [0.15, 0.2) is 17.5 Å². The Labute approximate surface area is 128 Å². The molecule has 2 aromatic heterocycles. The van der Waals surface area contributed by atoms with Gasteiger partial charge < -0.3 is 10.2 Å². The number of nitrogens with zero attached hydrogens (tertiary/aromatic N) is 2. The second kappa shape index (κ2) is 5.84. The summed E-state index contributed by atoms with van der Waals surface area (Å²) in [7, 11) is 2.01. The summed E-state index contributed by atoms with van der Waals surface area (Å²) < 4.78 is 0. The lowest BCUT2D eigenvalue weighted by molar-refractivity contribution is 0.658. The lowest BCUT2D eigenvalue weighted by Crippen LogP contribution is -2.24. The van der Waals surface area contributed by atoms with Gasteiger partial charge in [-0.15, -0.1) is 11.3 Å². The maximum atomic E-state index is 4.83. The van der Waals surface area contributed by atoms with Gasteiger partial charge in [0.1, 0.15) is 0 Å². The van der Waals surface area contributed by atoms with Crippen LogP contribution in [0.4, 0.5) is 5.13 Å². The van der Waals surface area contributed by atoms with Crippen molar-refractivity contribution in [3.8, 4) is 0 Å². The van der Waals surface area contributed by atoms with Crippen molar-refractivity contribution in [3.63, 3.8) is 0 Å². The number of anilines is 1. The smallest absolute Gasteiger partial charge is 0.186 e. The normalized spacial score (nSPS) is 16.4. The molecule has 0 aromatic carbocycles. The molecule has 5 heteroatoms. The van der Waals surface area contributed by atoms with Gasteiger partial charge in [0, 0.05) is 21.8 Å². The van der Waals surface area contributed by atoms with E-state index >= 15 is 0 Å². The molecule has 1 N–H and O–H groups in total. The first kappa shape index (κ1) is 14.0. The largest absolute Gasteiger partial charge is 0.340 e. The number of hydrogen-bond donors (Lipinski definition) is 1. The highest BCUT2D eigenvalue weighted by atomic mass is 32.1. The van der Waals surface area contributed by atoms with Gasteiger partial charge in [0.05, 0.1) is 12.2 Å². The summed E-state index contributed by atoms with van der Waals surface area (Å²) in [6.07, 6.45) is 2.61. The minimum absolute atomic E-state index is 0.379. The van der Waals surface area contributed by atoms with Gasteiger partial charge in [0.25, 0.3) is 0 Å². The Kier molecular flexibility index (Phi) is 4.10. The van der Waals surface area contributed by atoms with Crippen LogP contribution in [0.5, 0.6) is 0 Å². The van der Waals surface area contributed by atoms with E-state index in [4.69, 9.17) is 4.98 Å². The molecule has 2 heterocycles. The van der Waals surface area contributed by atoms with Gasteiger partial charge >= 0.3 is 0 Å². The third-order valence-electron chi connectivity index (χ3n) is 3.79. The second-order valence-electron chi connectivity index (χ2n) is 5.39. The van der Waals surface area contributed by atoms with E-state index in [9.17, 15) is 0 Å². The first-order valence-corrected chi connectivity index (χ1v) is 8.82. The molecule has 3 nitrogen and oxygen atoms in total. The van der Waals surface area contributed by atoms with Crippen molar-refractivity contribution in [2.24, 2.45) is 0 Å². The molecule has 0 aliphatic heterocycles. The molecular formula is C15H21N3S2. The monoisotopic (exact) mass is 307 g/mol. The Morgan fingerprint density at radius 1 is 1.50 bits per heavy atom. The van der Waals surface area contributed by atoms with Crippen molar-refractivity contribution in [1.29, 1.82) is 0 Å². The standard InChI is InChI=1S/C15H21N3S2/c1-10(16-3)14-11(2)17-15(20-14)18(12-6-7-12)9-13-5-4-8-19-13/h4-5,8,10,12,16H,6-7,9H2,1-3H3. The van der Waals surface area contributed by atoms with Crippen molar-refractivity contribution >= 4 is 27.8 Å². The van der Waals surface area contributed by atoms with Gasteiger partial charge in [0.2, 0.25) is 0 Å². The first-order valence-electron chi connectivity index (χ1n) is 7.12. The molecule has 1 aliphatic rings. The summed E-state index contributed by atoms with van der Waals surface area (Å²) in [5.74, 6) is 0. The summed E-state index contributed by atoms with van der Waals surface area (Å²) >= 11 is 3.68. The number of aryl methyl sites for hydroxylation is 1. The van der Waals surface area contributed by atoms with E-state index in [0.717, 1.165) is 6.54 Å². The average molecular weight is 307 g/mol. The van der Waals surface area contributed by atoms with Crippen LogP contribution in [-0.2, 0) is 6.54 Å². The summed E-state index contributed by atoms with van der Waals surface area (Å²) in [4.78, 5) is 10.1. The van der Waals surface area contributed by atoms with E-state index in [0.29, 0.717) is 12.1 Å². The first-order chi connectivity index (χ1) is 9.69. The van der Waals surface area contributed by atoms with Crippen molar-refractivity contribution in [2.45, 2.75) is 45.3 Å². The third-order valence-corrected chi connectivity index (χ3v) is 6.03. The van der Waals surface area contributed by atoms with Crippen LogP contribution in [0.25, 0.3) is 0 Å². The van der Waals surface area contributed by atoms with E-state index < -0.39 is 0 Å².